The minimum absolute atomic E-state index is 0.0249. The van der Waals surface area contributed by atoms with Crippen LogP contribution in [0.2, 0.25) is 5.02 Å². The molecule has 0 saturated carbocycles. The number of halogens is 1. The number of ether oxygens (including phenoxy) is 1. The minimum atomic E-state index is -3.77. The number of hydrogen-bond donors (Lipinski definition) is 2. The van der Waals surface area contributed by atoms with Gasteiger partial charge in [0, 0.05) is 12.6 Å². The number of carbonyl (C=O) groups excluding carboxylic acids is 1. The Kier molecular flexibility index (Phi) is 7.86. The van der Waals surface area contributed by atoms with Crippen molar-refractivity contribution in [3.05, 3.63) is 59.1 Å². The van der Waals surface area contributed by atoms with Crippen LogP contribution in [-0.4, -0.2) is 27.5 Å². The molecule has 0 heterocycles. The van der Waals surface area contributed by atoms with Crippen molar-refractivity contribution in [3.63, 3.8) is 0 Å². The number of rotatable bonds is 9. The summed E-state index contributed by atoms with van der Waals surface area (Å²) in [5, 5.41) is 2.85. The van der Waals surface area contributed by atoms with Crippen molar-refractivity contribution in [2.75, 3.05) is 13.2 Å². The third-order valence-corrected chi connectivity index (χ3v) is 5.75. The molecule has 0 radical (unpaired) electrons. The summed E-state index contributed by atoms with van der Waals surface area (Å²) >= 11 is 6.15. The van der Waals surface area contributed by atoms with Gasteiger partial charge in [-0.15, -0.1) is 0 Å². The molecular formula is C20H25ClN2O4S. The zero-order chi connectivity index (χ0) is 20.7. The standard InChI is InChI=1S/C20H25ClN2O4S/c1-14(2)12-22-20(24)13-27-19-10-9-17(11-18(19)21)28(25,26)23-15(3)16-7-5-4-6-8-16/h4-11,14-15,23H,12-13H2,1-3H3,(H,22,24). The minimum Gasteiger partial charge on any atom is -0.482 e. The molecule has 28 heavy (non-hydrogen) atoms. The second kappa shape index (κ2) is 9.91. The van der Waals surface area contributed by atoms with Gasteiger partial charge in [0.2, 0.25) is 10.0 Å². The molecule has 1 unspecified atom stereocenters. The molecule has 8 heteroatoms. The van der Waals surface area contributed by atoms with Crippen molar-refractivity contribution in [1.29, 1.82) is 0 Å². The van der Waals surface area contributed by atoms with Crippen LogP contribution in [0, 0.1) is 5.92 Å². The first-order valence-electron chi connectivity index (χ1n) is 8.95. The van der Waals surface area contributed by atoms with Crippen LogP contribution in [0.1, 0.15) is 32.4 Å². The van der Waals surface area contributed by atoms with Gasteiger partial charge in [0.15, 0.2) is 6.61 Å². The highest BCUT2D eigenvalue weighted by molar-refractivity contribution is 7.89. The first-order chi connectivity index (χ1) is 13.2. The molecule has 0 saturated heterocycles. The molecular weight excluding hydrogens is 400 g/mol. The van der Waals surface area contributed by atoms with Crippen molar-refractivity contribution in [2.24, 2.45) is 5.92 Å². The van der Waals surface area contributed by atoms with Crippen molar-refractivity contribution in [2.45, 2.75) is 31.7 Å². The van der Waals surface area contributed by atoms with Crippen LogP contribution in [-0.2, 0) is 14.8 Å². The number of amides is 1. The summed E-state index contributed by atoms with van der Waals surface area (Å²) in [5.74, 6) is 0.319. The topological polar surface area (TPSA) is 84.5 Å². The van der Waals surface area contributed by atoms with Gasteiger partial charge in [0.05, 0.1) is 9.92 Å². The Morgan fingerprint density at radius 3 is 2.39 bits per heavy atom. The third kappa shape index (κ3) is 6.51. The van der Waals surface area contributed by atoms with Gasteiger partial charge in [-0.25, -0.2) is 13.1 Å². The summed E-state index contributed by atoms with van der Waals surface area (Å²) in [6.45, 7) is 6.11. The fourth-order valence-electron chi connectivity index (χ4n) is 2.39. The summed E-state index contributed by atoms with van der Waals surface area (Å²) in [5.41, 5.74) is 0.851. The maximum absolute atomic E-state index is 12.6. The molecule has 1 atom stereocenters. The first-order valence-corrected chi connectivity index (χ1v) is 10.8. The third-order valence-electron chi connectivity index (χ3n) is 3.91. The van der Waals surface area contributed by atoms with Crippen molar-refractivity contribution in [3.8, 4) is 5.75 Å². The molecule has 0 aliphatic carbocycles. The van der Waals surface area contributed by atoms with E-state index in [0.29, 0.717) is 12.5 Å². The van der Waals surface area contributed by atoms with E-state index in [1.165, 1.54) is 18.2 Å². The van der Waals surface area contributed by atoms with E-state index in [-0.39, 0.29) is 28.2 Å². The van der Waals surface area contributed by atoms with E-state index < -0.39 is 16.1 Å². The molecule has 2 N–H and O–H groups in total. The van der Waals surface area contributed by atoms with Crippen molar-refractivity contribution in [1.82, 2.24) is 10.0 Å². The quantitative estimate of drug-likeness (QED) is 0.644. The van der Waals surface area contributed by atoms with Gasteiger partial charge >= 0.3 is 0 Å². The van der Waals surface area contributed by atoms with Gasteiger partial charge in [-0.2, -0.15) is 0 Å². The fourth-order valence-corrected chi connectivity index (χ4v) is 3.95. The molecule has 0 aliphatic heterocycles. The average molecular weight is 425 g/mol. The highest BCUT2D eigenvalue weighted by atomic mass is 35.5. The summed E-state index contributed by atoms with van der Waals surface area (Å²) in [6, 6.07) is 13.0. The van der Waals surface area contributed by atoms with Crippen LogP contribution in [0.4, 0.5) is 0 Å². The molecule has 0 aromatic heterocycles. The molecule has 2 rings (SSSR count). The van der Waals surface area contributed by atoms with Crippen molar-refractivity contribution >= 4 is 27.5 Å². The second-order valence-corrected chi connectivity index (χ2v) is 8.95. The smallest absolute Gasteiger partial charge is 0.257 e. The monoisotopic (exact) mass is 424 g/mol. The Morgan fingerprint density at radius 1 is 1.11 bits per heavy atom. The zero-order valence-corrected chi connectivity index (χ0v) is 17.7. The molecule has 2 aromatic carbocycles. The van der Waals surface area contributed by atoms with E-state index in [1.807, 2.05) is 44.2 Å². The molecule has 6 nitrogen and oxygen atoms in total. The van der Waals surface area contributed by atoms with E-state index >= 15 is 0 Å². The fraction of sp³-hybridized carbons (Fsp3) is 0.350. The van der Waals surface area contributed by atoms with Gasteiger partial charge in [0.1, 0.15) is 5.75 Å². The molecule has 0 spiro atoms. The number of hydrogen-bond acceptors (Lipinski definition) is 4. The van der Waals surface area contributed by atoms with Crippen LogP contribution < -0.4 is 14.8 Å². The summed E-state index contributed by atoms with van der Waals surface area (Å²) < 4.78 is 33.3. The van der Waals surface area contributed by atoms with Gasteiger partial charge in [0.25, 0.3) is 5.91 Å². The summed E-state index contributed by atoms with van der Waals surface area (Å²) in [4.78, 5) is 11.8. The van der Waals surface area contributed by atoms with Crippen LogP contribution in [0.3, 0.4) is 0 Å². The second-order valence-electron chi connectivity index (χ2n) is 6.83. The van der Waals surface area contributed by atoms with Gasteiger partial charge in [-0.05, 0) is 36.6 Å². The average Bonchev–Trinajstić information content (AvgIpc) is 2.65. The van der Waals surface area contributed by atoms with Crippen LogP contribution in [0.15, 0.2) is 53.4 Å². The number of carbonyl (C=O) groups is 1. The predicted octanol–water partition coefficient (Wildman–Crippen LogP) is 3.53. The lowest BCUT2D eigenvalue weighted by Gasteiger charge is -2.15. The van der Waals surface area contributed by atoms with Gasteiger partial charge in [-0.3, -0.25) is 4.79 Å². The SMILES string of the molecule is CC(C)CNC(=O)COc1ccc(S(=O)(=O)NC(C)c2ccccc2)cc1Cl. The van der Waals surface area contributed by atoms with E-state index in [4.69, 9.17) is 16.3 Å². The Balaban J connectivity index is 2.03. The van der Waals surface area contributed by atoms with E-state index in [0.717, 1.165) is 5.56 Å². The molecule has 152 valence electrons. The maximum atomic E-state index is 12.6. The molecule has 0 bridgehead atoms. The maximum Gasteiger partial charge on any atom is 0.257 e. The van der Waals surface area contributed by atoms with Crippen molar-refractivity contribution < 1.29 is 17.9 Å². The first kappa shape index (κ1) is 22.2. The Hall–Kier alpha value is -2.09. The highest BCUT2D eigenvalue weighted by Gasteiger charge is 2.20. The lowest BCUT2D eigenvalue weighted by atomic mass is 10.1. The Labute approximate surface area is 171 Å². The molecule has 2 aromatic rings. The normalized spacial score (nSPS) is 12.6. The molecule has 0 aliphatic rings. The highest BCUT2D eigenvalue weighted by Crippen LogP contribution is 2.28. The van der Waals surface area contributed by atoms with Gasteiger partial charge in [-0.1, -0.05) is 55.8 Å². The number of benzene rings is 2. The Morgan fingerprint density at radius 2 is 1.79 bits per heavy atom. The predicted molar refractivity (Wildman–Crippen MR) is 110 cm³/mol. The summed E-state index contributed by atoms with van der Waals surface area (Å²) in [6.07, 6.45) is 0. The molecule has 1 amide bonds. The lowest BCUT2D eigenvalue weighted by molar-refractivity contribution is -0.123. The Bertz CT molecular complexity index is 902. The van der Waals surface area contributed by atoms with E-state index in [2.05, 4.69) is 10.0 Å². The summed E-state index contributed by atoms with van der Waals surface area (Å²) in [7, 11) is -3.77. The molecule has 0 fully saturated rings. The number of nitrogens with one attached hydrogen (secondary N) is 2. The largest absolute Gasteiger partial charge is 0.482 e. The van der Waals surface area contributed by atoms with E-state index in [9.17, 15) is 13.2 Å². The van der Waals surface area contributed by atoms with Crippen LogP contribution in [0.5, 0.6) is 5.75 Å². The van der Waals surface area contributed by atoms with E-state index in [1.54, 1.807) is 6.92 Å². The lowest BCUT2D eigenvalue weighted by Crippen LogP contribution is -2.31. The van der Waals surface area contributed by atoms with Crippen LogP contribution >= 0.6 is 11.6 Å². The van der Waals surface area contributed by atoms with Crippen LogP contribution in [0.25, 0.3) is 0 Å². The number of sulfonamides is 1. The zero-order valence-electron chi connectivity index (χ0n) is 16.1. The van der Waals surface area contributed by atoms with Gasteiger partial charge < -0.3 is 10.1 Å².